The van der Waals surface area contributed by atoms with Crippen molar-refractivity contribution in [2.24, 2.45) is 29.1 Å². The molecule has 0 bridgehead atoms. The maximum atomic E-state index is 13.5. The molecular weight excluding hydrogens is 360 g/mol. The van der Waals surface area contributed by atoms with E-state index in [2.05, 4.69) is 6.92 Å². The lowest BCUT2D eigenvalue weighted by molar-refractivity contribution is -0.180. The van der Waals surface area contributed by atoms with Crippen molar-refractivity contribution in [2.45, 2.75) is 69.4 Å². The third-order valence-electron chi connectivity index (χ3n) is 8.89. The Labute approximate surface area is 164 Å². The van der Waals surface area contributed by atoms with Gasteiger partial charge in [0.05, 0.1) is 12.2 Å². The van der Waals surface area contributed by atoms with E-state index in [4.69, 9.17) is 4.74 Å². The summed E-state index contributed by atoms with van der Waals surface area (Å²) in [7, 11) is 0. The van der Waals surface area contributed by atoms with Crippen LogP contribution in [0.25, 0.3) is 0 Å². The maximum Gasteiger partial charge on any atom is 0.169 e. The highest BCUT2D eigenvalue weighted by Crippen LogP contribution is 2.67. The van der Waals surface area contributed by atoms with Crippen LogP contribution < -0.4 is 0 Å². The van der Waals surface area contributed by atoms with Gasteiger partial charge < -0.3 is 25.2 Å². The van der Waals surface area contributed by atoms with Gasteiger partial charge in [0.2, 0.25) is 0 Å². The van der Waals surface area contributed by atoms with Crippen LogP contribution in [0, 0.1) is 29.1 Å². The van der Waals surface area contributed by atoms with Gasteiger partial charge in [-0.25, -0.2) is 0 Å². The number of hydrogen-bond acceptors (Lipinski definition) is 6. The molecule has 6 unspecified atom stereocenters. The molecule has 4 aliphatic carbocycles. The van der Waals surface area contributed by atoms with Crippen molar-refractivity contribution in [3.63, 3.8) is 0 Å². The van der Waals surface area contributed by atoms with Crippen molar-refractivity contribution in [2.75, 3.05) is 6.61 Å². The van der Waals surface area contributed by atoms with Gasteiger partial charge in [-0.05, 0) is 49.5 Å². The Kier molecular flexibility index (Phi) is 3.82. The standard InChI is InChI=1S/C22H30O6/c1-11-3-6-15(24)18-12(11)4-5-14-13-7-8-21(26,19-16(10-23)28-19)20(13,2)9-17(25)22(14,18)27/h3,6,11-14,16,19,23-24,26-27H,4-5,7-10H2,1-2H3/t11?,12?,13?,14?,16?,19?,20-,21-,22+/m0/s1. The number of aliphatic hydroxyl groups excluding tert-OH is 2. The van der Waals surface area contributed by atoms with Crippen molar-refractivity contribution in [3.8, 4) is 0 Å². The van der Waals surface area contributed by atoms with Crippen molar-refractivity contribution >= 4 is 5.78 Å². The number of Topliss-reactive ketones (excluding diaryl/α,β-unsaturated/α-hetero) is 1. The van der Waals surface area contributed by atoms with E-state index < -0.39 is 22.7 Å². The molecule has 9 atom stereocenters. The number of aliphatic hydroxyl groups is 4. The number of hydrogen-bond donors (Lipinski definition) is 4. The van der Waals surface area contributed by atoms with E-state index in [1.54, 1.807) is 6.08 Å². The minimum atomic E-state index is -1.65. The number of allylic oxidation sites excluding steroid dienone is 2. The van der Waals surface area contributed by atoms with Crippen LogP contribution in [0.2, 0.25) is 0 Å². The molecule has 4 N–H and O–H groups in total. The first-order valence-corrected chi connectivity index (χ1v) is 10.5. The lowest BCUT2D eigenvalue weighted by Gasteiger charge is -2.57. The SMILES string of the molecule is CC1C=CC(O)=C2C1CCC1C3CC[C@](O)(C4OC4CO)[C@@]3(C)CC(=O)[C@@]21O. The van der Waals surface area contributed by atoms with E-state index in [9.17, 15) is 25.2 Å². The Morgan fingerprint density at radius 3 is 2.64 bits per heavy atom. The van der Waals surface area contributed by atoms with E-state index in [-0.39, 0.29) is 54.3 Å². The predicted octanol–water partition coefficient (Wildman–Crippen LogP) is 1.64. The zero-order valence-electron chi connectivity index (χ0n) is 16.5. The summed E-state index contributed by atoms with van der Waals surface area (Å²) in [6, 6.07) is 0. The summed E-state index contributed by atoms with van der Waals surface area (Å²) in [5, 5.41) is 43.3. The molecule has 0 spiro atoms. The minimum Gasteiger partial charge on any atom is -0.508 e. The van der Waals surface area contributed by atoms with Crippen molar-refractivity contribution in [3.05, 3.63) is 23.5 Å². The van der Waals surface area contributed by atoms with Gasteiger partial charge in [0, 0.05) is 23.3 Å². The van der Waals surface area contributed by atoms with Gasteiger partial charge in [-0.3, -0.25) is 4.79 Å². The van der Waals surface area contributed by atoms with Crippen LogP contribution in [0.5, 0.6) is 0 Å². The molecule has 3 saturated carbocycles. The number of epoxide rings is 1. The van der Waals surface area contributed by atoms with E-state index in [1.165, 1.54) is 0 Å². The van der Waals surface area contributed by atoms with Gasteiger partial charge >= 0.3 is 0 Å². The lowest BCUT2D eigenvalue weighted by atomic mass is 9.48. The third kappa shape index (κ3) is 2.05. The van der Waals surface area contributed by atoms with Crippen LogP contribution in [0.4, 0.5) is 0 Å². The van der Waals surface area contributed by atoms with Crippen molar-refractivity contribution < 1.29 is 30.0 Å². The summed E-state index contributed by atoms with van der Waals surface area (Å²) in [6.07, 6.45) is 5.51. The van der Waals surface area contributed by atoms with E-state index in [1.807, 2.05) is 13.0 Å². The molecule has 28 heavy (non-hydrogen) atoms. The molecule has 5 rings (SSSR count). The molecule has 0 radical (unpaired) electrons. The number of carbonyl (C=O) groups is 1. The first kappa shape index (κ1) is 18.8. The zero-order valence-corrected chi connectivity index (χ0v) is 16.5. The molecule has 0 aromatic heterocycles. The second-order valence-electron chi connectivity index (χ2n) is 9.94. The van der Waals surface area contributed by atoms with Crippen molar-refractivity contribution in [1.82, 2.24) is 0 Å². The molecule has 6 heteroatoms. The number of ether oxygens (including phenoxy) is 1. The monoisotopic (exact) mass is 390 g/mol. The zero-order chi connectivity index (χ0) is 20.1. The van der Waals surface area contributed by atoms with Crippen LogP contribution in [-0.2, 0) is 9.53 Å². The van der Waals surface area contributed by atoms with Crippen molar-refractivity contribution in [1.29, 1.82) is 0 Å². The topological polar surface area (TPSA) is 111 Å². The number of ketones is 1. The highest BCUT2D eigenvalue weighted by molar-refractivity contribution is 5.93. The molecule has 5 aliphatic rings. The average molecular weight is 390 g/mol. The maximum absolute atomic E-state index is 13.5. The summed E-state index contributed by atoms with van der Waals surface area (Å²) in [5.74, 6) is -0.469. The molecule has 1 aliphatic heterocycles. The molecule has 1 saturated heterocycles. The summed E-state index contributed by atoms with van der Waals surface area (Å²) < 4.78 is 5.55. The molecule has 0 amide bonds. The second kappa shape index (κ2) is 5.69. The minimum absolute atomic E-state index is 0.0228. The third-order valence-corrected chi connectivity index (χ3v) is 8.89. The van der Waals surface area contributed by atoms with Crippen LogP contribution >= 0.6 is 0 Å². The molecule has 6 nitrogen and oxygen atoms in total. The Balaban J connectivity index is 1.57. The van der Waals surface area contributed by atoms with E-state index >= 15 is 0 Å². The lowest BCUT2D eigenvalue weighted by Crippen LogP contribution is -2.65. The summed E-state index contributed by atoms with van der Waals surface area (Å²) in [4.78, 5) is 13.5. The van der Waals surface area contributed by atoms with E-state index in [0.717, 1.165) is 6.42 Å². The molecular formula is C22H30O6. The number of rotatable bonds is 2. The average Bonchev–Trinajstić information content (AvgIpc) is 3.40. The fourth-order valence-corrected chi connectivity index (χ4v) is 7.29. The summed E-state index contributed by atoms with van der Waals surface area (Å²) in [6.45, 7) is 3.87. The van der Waals surface area contributed by atoms with Gasteiger partial charge in [-0.2, -0.15) is 0 Å². The van der Waals surface area contributed by atoms with Gasteiger partial charge in [0.25, 0.3) is 0 Å². The molecule has 154 valence electrons. The van der Waals surface area contributed by atoms with E-state index in [0.29, 0.717) is 24.8 Å². The van der Waals surface area contributed by atoms with Crippen LogP contribution in [0.1, 0.15) is 46.0 Å². The van der Waals surface area contributed by atoms with Gasteiger partial charge in [0.15, 0.2) is 11.4 Å². The fourth-order valence-electron chi connectivity index (χ4n) is 7.29. The smallest absolute Gasteiger partial charge is 0.169 e. The summed E-state index contributed by atoms with van der Waals surface area (Å²) >= 11 is 0. The van der Waals surface area contributed by atoms with Crippen LogP contribution in [-0.4, -0.2) is 56.2 Å². The molecule has 0 aromatic rings. The molecule has 4 fully saturated rings. The Morgan fingerprint density at radius 1 is 1.21 bits per heavy atom. The predicted molar refractivity (Wildman–Crippen MR) is 100 cm³/mol. The Morgan fingerprint density at radius 2 is 1.96 bits per heavy atom. The molecule has 1 heterocycles. The number of carbonyl (C=O) groups excluding carboxylic acids is 1. The second-order valence-corrected chi connectivity index (χ2v) is 9.94. The van der Waals surface area contributed by atoms with Gasteiger partial charge in [-0.1, -0.05) is 19.9 Å². The normalized spacial score (nSPS) is 55.0. The Bertz CT molecular complexity index is 788. The largest absolute Gasteiger partial charge is 0.508 e. The van der Waals surface area contributed by atoms with Gasteiger partial charge in [0.1, 0.15) is 18.0 Å². The summed E-state index contributed by atoms with van der Waals surface area (Å²) in [5.41, 5.74) is -3.02. The number of fused-ring (bicyclic) bond motifs is 5. The highest BCUT2D eigenvalue weighted by atomic mass is 16.6. The Hall–Kier alpha value is -1.21. The molecule has 0 aromatic carbocycles. The first-order chi connectivity index (χ1) is 13.2. The highest BCUT2D eigenvalue weighted by Gasteiger charge is 2.74. The van der Waals surface area contributed by atoms with Crippen LogP contribution in [0.15, 0.2) is 23.5 Å². The van der Waals surface area contributed by atoms with Gasteiger partial charge in [-0.15, -0.1) is 0 Å². The van der Waals surface area contributed by atoms with Crippen LogP contribution in [0.3, 0.4) is 0 Å². The fraction of sp³-hybridized carbons (Fsp3) is 0.773. The quantitative estimate of drug-likeness (QED) is 0.534. The first-order valence-electron chi connectivity index (χ1n) is 10.5.